The molecule has 1 heterocycles. The lowest BCUT2D eigenvalue weighted by Gasteiger charge is -2.06. The number of halogens is 2. The maximum atomic E-state index is 13.4. The number of hydrogen-bond acceptors (Lipinski definition) is 2. The van der Waals surface area contributed by atoms with E-state index >= 15 is 0 Å². The van der Waals surface area contributed by atoms with Gasteiger partial charge in [-0.15, -0.1) is 0 Å². The summed E-state index contributed by atoms with van der Waals surface area (Å²) in [6.45, 7) is 1.82. The highest BCUT2D eigenvalue weighted by molar-refractivity contribution is 9.10. The smallest absolute Gasteiger partial charge is 0.260 e. The minimum atomic E-state index is -0.469. The van der Waals surface area contributed by atoms with Gasteiger partial charge in [-0.3, -0.25) is 4.79 Å². The fraction of sp³-hybridized carbons (Fsp3) is 0.0833. The molecule has 0 spiro atoms. The summed E-state index contributed by atoms with van der Waals surface area (Å²) >= 11 is 3.09. The molecule has 0 bridgehead atoms. The first-order valence-corrected chi connectivity index (χ1v) is 5.67. The van der Waals surface area contributed by atoms with Crippen molar-refractivity contribution in [3.8, 4) is 0 Å². The zero-order valence-electron chi connectivity index (χ0n) is 8.96. The summed E-state index contributed by atoms with van der Waals surface area (Å²) in [4.78, 5) is 11.8. The molecule has 0 saturated heterocycles. The van der Waals surface area contributed by atoms with Crippen LogP contribution in [0, 0.1) is 12.7 Å². The van der Waals surface area contributed by atoms with E-state index in [9.17, 15) is 9.18 Å². The van der Waals surface area contributed by atoms with Crippen LogP contribution in [0.1, 0.15) is 15.9 Å². The Kier molecular flexibility index (Phi) is 3.28. The molecule has 5 heteroatoms. The average molecular weight is 298 g/mol. The maximum Gasteiger partial charge on any atom is 0.260 e. The molecule has 3 nitrogen and oxygen atoms in total. The van der Waals surface area contributed by atoms with E-state index in [0.717, 1.165) is 5.56 Å². The second-order valence-corrected chi connectivity index (χ2v) is 4.27. The third kappa shape index (κ3) is 2.55. The second-order valence-electron chi connectivity index (χ2n) is 3.55. The fourth-order valence-electron chi connectivity index (χ4n) is 1.38. The molecule has 1 aromatic carbocycles. The van der Waals surface area contributed by atoms with E-state index in [1.165, 1.54) is 18.4 Å². The van der Waals surface area contributed by atoms with E-state index in [1.54, 1.807) is 12.1 Å². The third-order valence-electron chi connectivity index (χ3n) is 2.23. The summed E-state index contributed by atoms with van der Waals surface area (Å²) in [6, 6.07) is 6.03. The zero-order valence-corrected chi connectivity index (χ0v) is 10.5. The predicted molar refractivity (Wildman–Crippen MR) is 65.5 cm³/mol. The van der Waals surface area contributed by atoms with Gasteiger partial charge in [-0.2, -0.15) is 0 Å². The van der Waals surface area contributed by atoms with Gasteiger partial charge in [0, 0.05) is 0 Å². The van der Waals surface area contributed by atoms with Crippen LogP contribution in [-0.2, 0) is 0 Å². The van der Waals surface area contributed by atoms with Crippen molar-refractivity contribution in [1.29, 1.82) is 0 Å². The number of aryl methyl sites for hydroxylation is 1. The van der Waals surface area contributed by atoms with E-state index in [4.69, 9.17) is 4.42 Å². The monoisotopic (exact) mass is 297 g/mol. The quantitative estimate of drug-likeness (QED) is 0.917. The van der Waals surface area contributed by atoms with Gasteiger partial charge in [-0.1, -0.05) is 6.07 Å². The number of furan rings is 1. The Morgan fingerprint density at radius 3 is 2.82 bits per heavy atom. The highest BCUT2D eigenvalue weighted by Crippen LogP contribution is 2.21. The number of benzene rings is 1. The molecular weight excluding hydrogens is 289 g/mol. The predicted octanol–water partition coefficient (Wildman–Crippen LogP) is 3.74. The molecule has 0 aliphatic carbocycles. The zero-order chi connectivity index (χ0) is 12.4. The molecule has 17 heavy (non-hydrogen) atoms. The van der Waals surface area contributed by atoms with Crippen molar-refractivity contribution in [3.05, 3.63) is 52.1 Å². The van der Waals surface area contributed by atoms with E-state index in [-0.39, 0.29) is 5.69 Å². The topological polar surface area (TPSA) is 42.2 Å². The first-order chi connectivity index (χ1) is 8.08. The van der Waals surface area contributed by atoms with Crippen LogP contribution in [0.15, 0.2) is 39.6 Å². The Hall–Kier alpha value is -1.62. The average Bonchev–Trinajstić information content (AvgIpc) is 2.70. The van der Waals surface area contributed by atoms with Crippen molar-refractivity contribution >= 4 is 27.5 Å². The summed E-state index contributed by atoms with van der Waals surface area (Å²) in [5.74, 6) is -0.890. The molecule has 88 valence electrons. The normalized spacial score (nSPS) is 10.3. The SMILES string of the molecule is Cc1ccc(F)c(NC(=O)c2ccoc2Br)c1. The first-order valence-electron chi connectivity index (χ1n) is 4.88. The number of carbonyl (C=O) groups is 1. The number of nitrogens with one attached hydrogen (secondary N) is 1. The van der Waals surface area contributed by atoms with Gasteiger partial charge in [-0.05, 0) is 46.6 Å². The van der Waals surface area contributed by atoms with Crippen molar-refractivity contribution in [2.75, 3.05) is 5.32 Å². The summed E-state index contributed by atoms with van der Waals surface area (Å²) in [6.07, 6.45) is 1.38. The summed E-state index contributed by atoms with van der Waals surface area (Å²) in [5, 5.41) is 2.49. The van der Waals surface area contributed by atoms with Gasteiger partial charge in [0.1, 0.15) is 5.82 Å². The Balaban J connectivity index is 2.24. The van der Waals surface area contributed by atoms with Crippen LogP contribution in [-0.4, -0.2) is 5.91 Å². The van der Waals surface area contributed by atoms with Gasteiger partial charge in [-0.25, -0.2) is 4.39 Å². The van der Waals surface area contributed by atoms with Crippen LogP contribution in [0.3, 0.4) is 0 Å². The molecule has 0 saturated carbocycles. The third-order valence-corrected chi connectivity index (χ3v) is 2.85. The first kappa shape index (κ1) is 11.9. The van der Waals surface area contributed by atoms with E-state index in [0.29, 0.717) is 10.2 Å². The molecule has 0 unspecified atom stereocenters. The number of carbonyl (C=O) groups excluding carboxylic acids is 1. The molecule has 0 aliphatic rings. The van der Waals surface area contributed by atoms with Crippen molar-refractivity contribution in [2.24, 2.45) is 0 Å². The standard InChI is InChI=1S/C12H9BrFNO2/c1-7-2-3-9(14)10(6-7)15-12(16)8-4-5-17-11(8)13/h2-6H,1H3,(H,15,16). The number of rotatable bonds is 2. The lowest BCUT2D eigenvalue weighted by atomic mass is 10.2. The van der Waals surface area contributed by atoms with Gasteiger partial charge in [0.2, 0.25) is 0 Å². The number of amides is 1. The van der Waals surface area contributed by atoms with Crippen LogP contribution in [0.25, 0.3) is 0 Å². The minimum absolute atomic E-state index is 0.156. The minimum Gasteiger partial charge on any atom is -0.457 e. The van der Waals surface area contributed by atoms with Crippen molar-refractivity contribution in [2.45, 2.75) is 6.92 Å². The molecule has 2 aromatic rings. The Bertz CT molecular complexity index is 565. The maximum absolute atomic E-state index is 13.4. The van der Waals surface area contributed by atoms with Gasteiger partial charge in [0.05, 0.1) is 17.5 Å². The van der Waals surface area contributed by atoms with Crippen LogP contribution >= 0.6 is 15.9 Å². The van der Waals surface area contributed by atoms with Gasteiger partial charge in [0.25, 0.3) is 5.91 Å². The molecule has 1 aromatic heterocycles. The Morgan fingerprint density at radius 2 is 2.18 bits per heavy atom. The fourth-order valence-corrected chi connectivity index (χ4v) is 1.80. The molecule has 1 amide bonds. The van der Waals surface area contributed by atoms with Crippen LogP contribution in [0.2, 0.25) is 0 Å². The van der Waals surface area contributed by atoms with Gasteiger partial charge < -0.3 is 9.73 Å². The molecule has 0 aliphatic heterocycles. The Morgan fingerprint density at radius 1 is 1.41 bits per heavy atom. The van der Waals surface area contributed by atoms with E-state index in [1.807, 2.05) is 6.92 Å². The highest BCUT2D eigenvalue weighted by atomic mass is 79.9. The molecule has 0 radical (unpaired) electrons. The van der Waals surface area contributed by atoms with Crippen molar-refractivity contribution in [1.82, 2.24) is 0 Å². The number of anilines is 1. The Labute approximate surface area is 106 Å². The summed E-state index contributed by atoms with van der Waals surface area (Å²) in [7, 11) is 0. The number of hydrogen-bond donors (Lipinski definition) is 1. The van der Waals surface area contributed by atoms with Crippen LogP contribution in [0.4, 0.5) is 10.1 Å². The highest BCUT2D eigenvalue weighted by Gasteiger charge is 2.14. The van der Waals surface area contributed by atoms with Gasteiger partial charge in [0.15, 0.2) is 4.67 Å². The van der Waals surface area contributed by atoms with Crippen molar-refractivity contribution < 1.29 is 13.6 Å². The van der Waals surface area contributed by atoms with E-state index in [2.05, 4.69) is 21.2 Å². The van der Waals surface area contributed by atoms with E-state index < -0.39 is 11.7 Å². The second kappa shape index (κ2) is 4.71. The summed E-state index contributed by atoms with van der Waals surface area (Å²) in [5.41, 5.74) is 1.35. The largest absolute Gasteiger partial charge is 0.457 e. The summed E-state index contributed by atoms with van der Waals surface area (Å²) < 4.78 is 18.7. The molecule has 2 rings (SSSR count). The lowest BCUT2D eigenvalue weighted by molar-refractivity contribution is 0.102. The van der Waals surface area contributed by atoms with Gasteiger partial charge >= 0.3 is 0 Å². The molecule has 0 atom stereocenters. The van der Waals surface area contributed by atoms with Crippen LogP contribution < -0.4 is 5.32 Å². The lowest BCUT2D eigenvalue weighted by Crippen LogP contribution is -2.12. The molecular formula is C12H9BrFNO2. The molecule has 0 fully saturated rings. The van der Waals surface area contributed by atoms with Crippen LogP contribution in [0.5, 0.6) is 0 Å². The molecule has 1 N–H and O–H groups in total. The van der Waals surface area contributed by atoms with Crippen molar-refractivity contribution in [3.63, 3.8) is 0 Å².